The number of nitrogens with one attached hydrogen (secondary N) is 1. The maximum absolute atomic E-state index is 5.73. The van der Waals surface area contributed by atoms with E-state index in [0.29, 0.717) is 12.1 Å². The molecule has 0 bridgehead atoms. The van der Waals surface area contributed by atoms with Gasteiger partial charge in [0.25, 0.3) is 0 Å². The van der Waals surface area contributed by atoms with Gasteiger partial charge in [0.05, 0.1) is 3.79 Å². The zero-order valence-electron chi connectivity index (χ0n) is 9.86. The third kappa shape index (κ3) is 3.68. The van der Waals surface area contributed by atoms with Gasteiger partial charge in [-0.2, -0.15) is 11.8 Å². The molecule has 0 aliphatic carbocycles. The number of thiophene rings is 1. The van der Waals surface area contributed by atoms with Crippen LogP contribution in [0.3, 0.4) is 0 Å². The van der Waals surface area contributed by atoms with Gasteiger partial charge in [0.1, 0.15) is 0 Å². The summed E-state index contributed by atoms with van der Waals surface area (Å²) >= 11 is 7.32. The van der Waals surface area contributed by atoms with Crippen molar-refractivity contribution in [2.75, 3.05) is 25.1 Å². The Hall–Kier alpha value is 0.410. The van der Waals surface area contributed by atoms with Gasteiger partial charge in [0.2, 0.25) is 0 Å². The third-order valence-electron chi connectivity index (χ3n) is 3.17. The Balaban J connectivity index is 2.00. The van der Waals surface area contributed by atoms with Crippen LogP contribution in [0.15, 0.2) is 15.9 Å². The molecule has 2 rings (SSSR count). The highest BCUT2D eigenvalue weighted by Gasteiger charge is 2.27. The minimum atomic E-state index is 0.332. The molecule has 1 aliphatic rings. The smallest absolute Gasteiger partial charge is 0.0701 e. The summed E-state index contributed by atoms with van der Waals surface area (Å²) in [4.78, 5) is 3.80. The third-order valence-corrected chi connectivity index (χ3v) is 5.87. The summed E-state index contributed by atoms with van der Waals surface area (Å²) in [6.45, 7) is 1.15. The lowest BCUT2D eigenvalue weighted by molar-refractivity contribution is 0.214. The molecule has 0 saturated carbocycles. The lowest BCUT2D eigenvalue weighted by Crippen LogP contribution is -2.55. The Bertz CT molecular complexity index is 358. The summed E-state index contributed by atoms with van der Waals surface area (Å²) in [5.74, 6) is 8.12. The van der Waals surface area contributed by atoms with Crippen LogP contribution in [0, 0.1) is 0 Å². The van der Waals surface area contributed by atoms with Crippen molar-refractivity contribution in [1.29, 1.82) is 0 Å². The van der Waals surface area contributed by atoms with Crippen LogP contribution in [0.2, 0.25) is 0 Å². The Morgan fingerprint density at radius 1 is 1.65 bits per heavy atom. The van der Waals surface area contributed by atoms with E-state index in [1.54, 1.807) is 11.3 Å². The Labute approximate surface area is 119 Å². The van der Waals surface area contributed by atoms with E-state index in [2.05, 4.69) is 45.4 Å². The van der Waals surface area contributed by atoms with Crippen molar-refractivity contribution in [1.82, 2.24) is 10.3 Å². The molecule has 96 valence electrons. The molecule has 1 fully saturated rings. The van der Waals surface area contributed by atoms with Crippen LogP contribution in [0.5, 0.6) is 0 Å². The molecule has 2 atom stereocenters. The quantitative estimate of drug-likeness (QED) is 0.651. The highest BCUT2D eigenvalue weighted by atomic mass is 79.9. The molecule has 2 unspecified atom stereocenters. The molecule has 0 amide bonds. The van der Waals surface area contributed by atoms with E-state index in [1.165, 1.54) is 14.4 Å². The summed E-state index contributed by atoms with van der Waals surface area (Å²) in [5.41, 5.74) is 3.00. The molecule has 0 aromatic carbocycles. The van der Waals surface area contributed by atoms with Gasteiger partial charge in [-0.05, 0) is 35.1 Å². The number of rotatable bonds is 4. The van der Waals surface area contributed by atoms with E-state index in [1.807, 2.05) is 11.8 Å². The standard InChI is InChI=1S/C11H18BrN3S2/c1-15-4-5-16-7-10(15)9(14-13)6-8-2-3-11(12)17-8/h2-3,9-10,14H,4-7,13H2,1H3. The van der Waals surface area contributed by atoms with Crippen molar-refractivity contribution >= 4 is 39.0 Å². The van der Waals surface area contributed by atoms with Gasteiger partial charge < -0.3 is 4.90 Å². The van der Waals surface area contributed by atoms with Crippen LogP contribution < -0.4 is 11.3 Å². The van der Waals surface area contributed by atoms with Crippen molar-refractivity contribution in [3.05, 3.63) is 20.8 Å². The molecule has 2 heterocycles. The van der Waals surface area contributed by atoms with Crippen LogP contribution in [-0.4, -0.2) is 42.1 Å². The maximum Gasteiger partial charge on any atom is 0.0701 e. The average Bonchev–Trinajstić information content (AvgIpc) is 2.73. The summed E-state index contributed by atoms with van der Waals surface area (Å²) in [6.07, 6.45) is 1.00. The lowest BCUT2D eigenvalue weighted by atomic mass is 10.0. The molecule has 0 radical (unpaired) electrons. The van der Waals surface area contributed by atoms with Crippen LogP contribution >= 0.6 is 39.0 Å². The topological polar surface area (TPSA) is 41.3 Å². The van der Waals surface area contributed by atoms with Gasteiger partial charge >= 0.3 is 0 Å². The predicted octanol–water partition coefficient (Wildman–Crippen LogP) is 1.93. The molecule has 1 aromatic heterocycles. The second-order valence-corrected chi connectivity index (χ2v) is 8.00. The van der Waals surface area contributed by atoms with Gasteiger partial charge in [-0.25, -0.2) is 0 Å². The fraction of sp³-hybridized carbons (Fsp3) is 0.636. The van der Waals surface area contributed by atoms with Crippen molar-refractivity contribution in [2.45, 2.75) is 18.5 Å². The number of hydrogen-bond donors (Lipinski definition) is 2. The monoisotopic (exact) mass is 335 g/mol. The van der Waals surface area contributed by atoms with Crippen LogP contribution in [-0.2, 0) is 6.42 Å². The van der Waals surface area contributed by atoms with Gasteiger partial charge in [-0.3, -0.25) is 11.3 Å². The first kappa shape index (κ1) is 13.8. The normalized spacial score (nSPS) is 23.8. The predicted molar refractivity (Wildman–Crippen MR) is 80.6 cm³/mol. The van der Waals surface area contributed by atoms with Crippen LogP contribution in [0.4, 0.5) is 0 Å². The minimum Gasteiger partial charge on any atom is -0.300 e. The molecular weight excluding hydrogens is 318 g/mol. The van der Waals surface area contributed by atoms with Gasteiger partial charge in [-0.15, -0.1) is 11.3 Å². The van der Waals surface area contributed by atoms with Crippen molar-refractivity contribution in [3.8, 4) is 0 Å². The SMILES string of the molecule is CN1CCSCC1C(Cc1ccc(Br)s1)NN. The largest absolute Gasteiger partial charge is 0.300 e. The number of hydrogen-bond acceptors (Lipinski definition) is 5. The number of thioether (sulfide) groups is 1. The maximum atomic E-state index is 5.73. The number of nitrogens with zero attached hydrogens (tertiary/aromatic N) is 1. The number of hydrazine groups is 1. The van der Waals surface area contributed by atoms with Crippen molar-refractivity contribution < 1.29 is 0 Å². The fourth-order valence-electron chi connectivity index (χ4n) is 2.11. The number of halogens is 1. The molecule has 3 N–H and O–H groups in total. The van der Waals surface area contributed by atoms with Crippen LogP contribution in [0.1, 0.15) is 4.88 Å². The van der Waals surface area contributed by atoms with Gasteiger partial charge in [-0.1, -0.05) is 0 Å². The highest BCUT2D eigenvalue weighted by molar-refractivity contribution is 9.11. The Morgan fingerprint density at radius 2 is 2.47 bits per heavy atom. The molecule has 17 heavy (non-hydrogen) atoms. The van der Waals surface area contributed by atoms with Crippen LogP contribution in [0.25, 0.3) is 0 Å². The second-order valence-electron chi connectivity index (χ2n) is 4.31. The lowest BCUT2D eigenvalue weighted by Gasteiger charge is -2.37. The van der Waals surface area contributed by atoms with E-state index in [0.717, 1.165) is 18.7 Å². The summed E-state index contributed by atoms with van der Waals surface area (Å²) < 4.78 is 1.19. The summed E-state index contributed by atoms with van der Waals surface area (Å²) in [6, 6.07) is 5.14. The number of nitrogens with two attached hydrogens (primary N) is 1. The zero-order valence-corrected chi connectivity index (χ0v) is 13.1. The van der Waals surface area contributed by atoms with Gasteiger partial charge in [0.15, 0.2) is 0 Å². The first-order valence-electron chi connectivity index (χ1n) is 5.69. The van der Waals surface area contributed by atoms with E-state index in [4.69, 9.17) is 5.84 Å². The molecule has 3 nitrogen and oxygen atoms in total. The molecule has 6 heteroatoms. The zero-order chi connectivity index (χ0) is 12.3. The molecule has 1 aromatic rings. The minimum absolute atomic E-state index is 0.332. The highest BCUT2D eigenvalue weighted by Crippen LogP contribution is 2.25. The van der Waals surface area contributed by atoms with E-state index < -0.39 is 0 Å². The first-order chi connectivity index (χ1) is 8.20. The second kappa shape index (κ2) is 6.54. The first-order valence-corrected chi connectivity index (χ1v) is 8.45. The summed E-state index contributed by atoms with van der Waals surface area (Å²) in [7, 11) is 2.19. The molecule has 1 aliphatic heterocycles. The summed E-state index contributed by atoms with van der Waals surface area (Å²) in [5, 5.41) is 0. The van der Waals surface area contributed by atoms with E-state index in [-0.39, 0.29) is 0 Å². The molecule has 1 saturated heterocycles. The molecular formula is C11H18BrN3S2. The number of likely N-dealkylation sites (N-methyl/N-ethyl adjacent to an activating group) is 1. The Kier molecular flexibility index (Phi) is 5.32. The van der Waals surface area contributed by atoms with Crippen molar-refractivity contribution in [2.24, 2.45) is 5.84 Å². The average molecular weight is 336 g/mol. The van der Waals surface area contributed by atoms with Gasteiger partial charge in [0, 0.05) is 41.4 Å². The fourth-order valence-corrected chi connectivity index (χ4v) is 4.97. The van der Waals surface area contributed by atoms with E-state index >= 15 is 0 Å². The molecule has 0 spiro atoms. The van der Waals surface area contributed by atoms with Crippen molar-refractivity contribution in [3.63, 3.8) is 0 Å². The Morgan fingerprint density at radius 3 is 3.06 bits per heavy atom. The van der Waals surface area contributed by atoms with E-state index in [9.17, 15) is 0 Å².